The van der Waals surface area contributed by atoms with Gasteiger partial charge in [-0.1, -0.05) is 13.8 Å². The normalized spacial score (nSPS) is 7.67. The van der Waals surface area contributed by atoms with E-state index in [9.17, 15) is 0 Å². The summed E-state index contributed by atoms with van der Waals surface area (Å²) in [5.41, 5.74) is 10.8. The van der Waals surface area contributed by atoms with Crippen LogP contribution in [0.5, 0.6) is 0 Å². The van der Waals surface area contributed by atoms with Gasteiger partial charge in [0.1, 0.15) is 0 Å². The van der Waals surface area contributed by atoms with Gasteiger partial charge < -0.3 is 31.9 Å². The van der Waals surface area contributed by atoms with Gasteiger partial charge in [-0.15, -0.1) is 0 Å². The minimum absolute atomic E-state index is 0. The first-order chi connectivity index (χ1) is 10.0. The molecule has 0 aromatic carbocycles. The fourth-order valence-electron chi connectivity index (χ4n) is 0.0833. The fourth-order valence-corrected chi connectivity index (χ4v) is 0.0833. The molecule has 0 aliphatic heterocycles. The zero-order chi connectivity index (χ0) is 20.2. The molecule has 0 radical (unpaired) electrons. The maximum absolute atomic E-state index is 9.00. The molecule has 0 saturated carbocycles. The Morgan fingerprint density at radius 2 is 0.750 bits per heavy atom. The van der Waals surface area contributed by atoms with Crippen molar-refractivity contribution in [1.82, 2.24) is 0 Å². The molecular formula is C13H30N2O8Pt. The first-order valence-corrected chi connectivity index (χ1v) is 6.23. The number of rotatable bonds is 2. The van der Waals surface area contributed by atoms with Gasteiger partial charge in [0.25, 0.3) is 23.9 Å². The van der Waals surface area contributed by atoms with Crippen LogP contribution in [0.2, 0.25) is 0 Å². The van der Waals surface area contributed by atoms with Crippen molar-refractivity contribution in [3.63, 3.8) is 0 Å². The van der Waals surface area contributed by atoms with Crippen molar-refractivity contribution in [2.75, 3.05) is 13.1 Å². The van der Waals surface area contributed by atoms with Gasteiger partial charge >= 0.3 is 0 Å². The number of aliphatic carboxylic acids is 4. The topological polar surface area (TPSA) is 201 Å². The Morgan fingerprint density at radius 3 is 0.750 bits per heavy atom. The molecule has 0 aliphatic carbocycles. The van der Waals surface area contributed by atoms with E-state index < -0.39 is 23.9 Å². The van der Waals surface area contributed by atoms with Crippen LogP contribution in [0, 0.1) is 5.41 Å². The smallest absolute Gasteiger partial charge is 0.300 e. The number of nitrogens with two attached hydrogens (primary N) is 2. The van der Waals surface area contributed by atoms with Crippen LogP contribution in [0.3, 0.4) is 0 Å². The van der Waals surface area contributed by atoms with E-state index in [2.05, 4.69) is 0 Å². The predicted octanol–water partition coefficient (Wildman–Crippen LogP) is 0.291. The van der Waals surface area contributed by atoms with Crippen LogP contribution in [-0.2, 0) is 40.2 Å². The number of carboxylic acids is 4. The van der Waals surface area contributed by atoms with Gasteiger partial charge in [0, 0.05) is 48.8 Å². The van der Waals surface area contributed by atoms with E-state index in [0.717, 1.165) is 27.7 Å². The van der Waals surface area contributed by atoms with Crippen molar-refractivity contribution in [3.8, 4) is 0 Å². The third-order valence-electron chi connectivity index (χ3n) is 1.11. The molecule has 8 N–H and O–H groups in total. The molecule has 0 aromatic heterocycles. The Balaban J connectivity index is -0.0000000429. The molecule has 0 heterocycles. The van der Waals surface area contributed by atoms with Crippen molar-refractivity contribution >= 4 is 23.9 Å². The average Bonchev–Trinajstić information content (AvgIpc) is 2.26. The van der Waals surface area contributed by atoms with E-state index in [1.807, 2.05) is 13.8 Å². The first-order valence-electron chi connectivity index (χ1n) is 6.23. The molecule has 0 aromatic rings. The summed E-state index contributed by atoms with van der Waals surface area (Å²) in [6, 6.07) is 0. The van der Waals surface area contributed by atoms with Crippen molar-refractivity contribution in [2.24, 2.45) is 16.9 Å². The van der Waals surface area contributed by atoms with Crippen LogP contribution in [0.4, 0.5) is 0 Å². The summed E-state index contributed by atoms with van der Waals surface area (Å²) in [7, 11) is 0. The summed E-state index contributed by atoms with van der Waals surface area (Å²) in [4.78, 5) is 36.0. The van der Waals surface area contributed by atoms with E-state index in [1.165, 1.54) is 0 Å². The predicted molar refractivity (Wildman–Crippen MR) is 85.1 cm³/mol. The third kappa shape index (κ3) is 386. The molecule has 0 atom stereocenters. The first kappa shape index (κ1) is 38.2. The second-order valence-corrected chi connectivity index (χ2v) is 4.65. The van der Waals surface area contributed by atoms with E-state index in [0.29, 0.717) is 13.1 Å². The molecule has 0 aliphatic rings. The molecule has 0 rings (SSSR count). The Morgan fingerprint density at radius 1 is 0.667 bits per heavy atom. The number of carboxylic acid groups (broad SMARTS) is 4. The SMILES string of the molecule is CC(=O)O.CC(=O)O.CC(=O)O.CC(=O)O.CC(C)(CN)CN.[Pt]. The average molecular weight is 537 g/mol. The van der Waals surface area contributed by atoms with Gasteiger partial charge in [-0.25, -0.2) is 0 Å². The second-order valence-electron chi connectivity index (χ2n) is 4.65. The number of hydrogen-bond acceptors (Lipinski definition) is 6. The van der Waals surface area contributed by atoms with Crippen LogP contribution < -0.4 is 11.5 Å². The zero-order valence-corrected chi connectivity index (χ0v) is 17.1. The van der Waals surface area contributed by atoms with E-state index >= 15 is 0 Å². The Labute approximate surface area is 156 Å². The molecule has 0 bridgehead atoms. The number of carbonyl (C=O) groups is 4. The summed E-state index contributed by atoms with van der Waals surface area (Å²) in [5.74, 6) is -3.33. The van der Waals surface area contributed by atoms with Crippen LogP contribution in [0.25, 0.3) is 0 Å². The van der Waals surface area contributed by atoms with E-state index in [1.54, 1.807) is 0 Å². The maximum atomic E-state index is 9.00. The van der Waals surface area contributed by atoms with Gasteiger partial charge in [-0.2, -0.15) is 0 Å². The van der Waals surface area contributed by atoms with E-state index in [4.69, 9.17) is 51.1 Å². The minimum Gasteiger partial charge on any atom is -0.481 e. The van der Waals surface area contributed by atoms with Gasteiger partial charge in [0.2, 0.25) is 0 Å². The van der Waals surface area contributed by atoms with Crippen LogP contribution >= 0.6 is 0 Å². The van der Waals surface area contributed by atoms with Crippen molar-refractivity contribution in [2.45, 2.75) is 41.5 Å². The van der Waals surface area contributed by atoms with Crippen LogP contribution in [-0.4, -0.2) is 57.4 Å². The monoisotopic (exact) mass is 537 g/mol. The molecule has 0 amide bonds. The Kier molecular flexibility index (Phi) is 42.0. The quantitative estimate of drug-likeness (QED) is 0.284. The van der Waals surface area contributed by atoms with Crippen molar-refractivity contribution in [3.05, 3.63) is 0 Å². The molecular weight excluding hydrogens is 507 g/mol. The summed E-state index contributed by atoms with van der Waals surface area (Å²) in [5, 5.41) is 29.7. The van der Waals surface area contributed by atoms with Crippen LogP contribution in [0.15, 0.2) is 0 Å². The largest absolute Gasteiger partial charge is 0.481 e. The van der Waals surface area contributed by atoms with Gasteiger partial charge in [0.15, 0.2) is 0 Å². The molecule has 10 nitrogen and oxygen atoms in total. The number of hydrogen-bond donors (Lipinski definition) is 6. The summed E-state index contributed by atoms with van der Waals surface area (Å²) in [6.07, 6.45) is 0. The van der Waals surface area contributed by atoms with Gasteiger partial charge in [-0.05, 0) is 18.5 Å². The van der Waals surface area contributed by atoms with Crippen molar-refractivity contribution in [1.29, 1.82) is 0 Å². The Bertz CT molecular complexity index is 266. The fraction of sp³-hybridized carbons (Fsp3) is 0.692. The molecule has 150 valence electrons. The third-order valence-corrected chi connectivity index (χ3v) is 1.11. The minimum atomic E-state index is -0.833. The summed E-state index contributed by atoms with van der Waals surface area (Å²) < 4.78 is 0. The molecule has 0 unspecified atom stereocenters. The molecule has 0 saturated heterocycles. The Hall–Kier alpha value is -1.51. The zero-order valence-electron chi connectivity index (χ0n) is 14.8. The maximum Gasteiger partial charge on any atom is 0.300 e. The molecule has 0 spiro atoms. The van der Waals surface area contributed by atoms with Gasteiger partial charge in [0.05, 0.1) is 0 Å². The molecule has 11 heteroatoms. The van der Waals surface area contributed by atoms with E-state index in [-0.39, 0.29) is 26.5 Å². The summed E-state index contributed by atoms with van der Waals surface area (Å²) in [6.45, 7) is 9.77. The molecule has 24 heavy (non-hydrogen) atoms. The van der Waals surface area contributed by atoms with Gasteiger partial charge in [-0.3, -0.25) is 19.2 Å². The standard InChI is InChI=1S/C5H14N2.4C2H4O2.Pt/c1-5(2,3-6)4-7;4*1-2(3)4;/h3-4,6-7H2,1-2H3;4*1H3,(H,3,4);. The summed E-state index contributed by atoms with van der Waals surface area (Å²) >= 11 is 0. The second kappa shape index (κ2) is 26.4. The van der Waals surface area contributed by atoms with Crippen LogP contribution in [0.1, 0.15) is 41.5 Å². The van der Waals surface area contributed by atoms with Crippen molar-refractivity contribution < 1.29 is 60.7 Å². The molecule has 0 fully saturated rings.